The largest absolute Gasteiger partial charge is 0.471 e. The number of hydrogen-bond acceptors (Lipinski definition) is 4. The first kappa shape index (κ1) is 17.2. The molecule has 124 valence electrons. The maximum atomic E-state index is 12.4. The monoisotopic (exact) mass is 326 g/mol. The fraction of sp³-hybridized carbons (Fsp3) is 0.438. The van der Waals surface area contributed by atoms with E-state index in [0.717, 1.165) is 18.4 Å². The van der Waals surface area contributed by atoms with Crippen molar-refractivity contribution in [1.29, 1.82) is 0 Å². The standard InChI is InChI=1S/C16H17F3N2O2/c1-3-4-10(2)13(22)9-11-5-7-12(8-6-11)14-20-15(23-21-14)16(17,18)19/h5-8,10H,3-4,9H2,1-2H3. The minimum atomic E-state index is -4.66. The molecule has 23 heavy (non-hydrogen) atoms. The van der Waals surface area contributed by atoms with E-state index in [9.17, 15) is 18.0 Å². The van der Waals surface area contributed by atoms with Gasteiger partial charge in [0, 0.05) is 17.9 Å². The molecule has 0 radical (unpaired) electrons. The van der Waals surface area contributed by atoms with Gasteiger partial charge in [0.25, 0.3) is 0 Å². The Morgan fingerprint density at radius 1 is 1.26 bits per heavy atom. The lowest BCUT2D eigenvalue weighted by Gasteiger charge is -2.08. The number of aromatic nitrogens is 2. The second-order valence-corrected chi connectivity index (χ2v) is 5.45. The number of Topliss-reactive ketones (excluding diaryl/α,β-unsaturated/α-hetero) is 1. The molecule has 1 aromatic carbocycles. The Balaban J connectivity index is 2.08. The van der Waals surface area contributed by atoms with Gasteiger partial charge >= 0.3 is 12.1 Å². The van der Waals surface area contributed by atoms with Gasteiger partial charge in [0.15, 0.2) is 0 Å². The van der Waals surface area contributed by atoms with Gasteiger partial charge in [0.05, 0.1) is 0 Å². The smallest absolute Gasteiger partial charge is 0.329 e. The third-order valence-corrected chi connectivity index (χ3v) is 3.53. The zero-order valence-corrected chi connectivity index (χ0v) is 12.9. The van der Waals surface area contributed by atoms with E-state index in [1.165, 1.54) is 0 Å². The van der Waals surface area contributed by atoms with Crippen LogP contribution >= 0.6 is 0 Å². The summed E-state index contributed by atoms with van der Waals surface area (Å²) >= 11 is 0. The van der Waals surface area contributed by atoms with Crippen LogP contribution in [0, 0.1) is 5.92 Å². The molecule has 0 N–H and O–H groups in total. The van der Waals surface area contributed by atoms with Crippen LogP contribution in [0.5, 0.6) is 0 Å². The number of carbonyl (C=O) groups excluding carboxylic acids is 1. The summed E-state index contributed by atoms with van der Waals surface area (Å²) in [5.41, 5.74) is 1.21. The SMILES string of the molecule is CCCC(C)C(=O)Cc1ccc(-c2noc(C(F)(F)F)n2)cc1. The fourth-order valence-electron chi connectivity index (χ4n) is 2.20. The van der Waals surface area contributed by atoms with Gasteiger partial charge < -0.3 is 4.52 Å². The second-order valence-electron chi connectivity index (χ2n) is 5.45. The van der Waals surface area contributed by atoms with Crippen LogP contribution in [0.15, 0.2) is 28.8 Å². The average Bonchev–Trinajstić information content (AvgIpc) is 2.98. The summed E-state index contributed by atoms with van der Waals surface area (Å²) in [5.74, 6) is -1.35. The van der Waals surface area contributed by atoms with Gasteiger partial charge in [-0.15, -0.1) is 0 Å². The van der Waals surface area contributed by atoms with Gasteiger partial charge in [-0.3, -0.25) is 4.79 Å². The van der Waals surface area contributed by atoms with Crippen LogP contribution in [0.4, 0.5) is 13.2 Å². The van der Waals surface area contributed by atoms with Crippen molar-refractivity contribution < 1.29 is 22.5 Å². The van der Waals surface area contributed by atoms with Crippen LogP contribution in [-0.4, -0.2) is 15.9 Å². The van der Waals surface area contributed by atoms with Crippen LogP contribution < -0.4 is 0 Å². The third-order valence-electron chi connectivity index (χ3n) is 3.53. The Bertz CT molecular complexity index is 663. The van der Waals surface area contributed by atoms with E-state index >= 15 is 0 Å². The topological polar surface area (TPSA) is 56.0 Å². The van der Waals surface area contributed by atoms with Crippen molar-refractivity contribution in [3.63, 3.8) is 0 Å². The van der Waals surface area contributed by atoms with Crippen molar-refractivity contribution in [2.45, 2.75) is 39.3 Å². The van der Waals surface area contributed by atoms with Crippen LogP contribution in [0.3, 0.4) is 0 Å². The summed E-state index contributed by atoms with van der Waals surface area (Å²) in [6.07, 6.45) is -2.56. The zero-order chi connectivity index (χ0) is 17.0. The number of nitrogens with zero attached hydrogens (tertiary/aromatic N) is 2. The molecule has 0 aliphatic rings. The summed E-state index contributed by atoms with van der Waals surface area (Å²) in [5, 5.41) is 3.32. The summed E-state index contributed by atoms with van der Waals surface area (Å²) < 4.78 is 41.5. The van der Waals surface area contributed by atoms with E-state index in [1.54, 1.807) is 24.3 Å². The first-order valence-corrected chi connectivity index (χ1v) is 7.34. The molecule has 0 spiro atoms. The van der Waals surface area contributed by atoms with Crippen molar-refractivity contribution in [1.82, 2.24) is 10.1 Å². The second kappa shape index (κ2) is 6.93. The van der Waals surface area contributed by atoms with Crippen molar-refractivity contribution in [2.24, 2.45) is 5.92 Å². The maximum Gasteiger partial charge on any atom is 0.471 e. The maximum absolute atomic E-state index is 12.4. The lowest BCUT2D eigenvalue weighted by atomic mass is 9.95. The highest BCUT2D eigenvalue weighted by Gasteiger charge is 2.38. The van der Waals surface area contributed by atoms with Crippen LogP contribution in [0.1, 0.15) is 38.1 Å². The highest BCUT2D eigenvalue weighted by atomic mass is 19.4. The Hall–Kier alpha value is -2.18. The predicted molar refractivity (Wildman–Crippen MR) is 77.5 cm³/mol. The quantitative estimate of drug-likeness (QED) is 0.794. The molecular weight excluding hydrogens is 309 g/mol. The number of rotatable bonds is 6. The molecule has 0 saturated heterocycles. The molecule has 2 rings (SSSR count). The number of benzene rings is 1. The molecule has 0 aliphatic carbocycles. The molecule has 1 aromatic heterocycles. The molecule has 0 fully saturated rings. The number of hydrogen-bond donors (Lipinski definition) is 0. The average molecular weight is 326 g/mol. The molecular formula is C16H17F3N2O2. The van der Waals surface area contributed by atoms with E-state index in [0.29, 0.717) is 12.0 Å². The van der Waals surface area contributed by atoms with Gasteiger partial charge in [0.1, 0.15) is 5.78 Å². The van der Waals surface area contributed by atoms with Gasteiger partial charge in [-0.1, -0.05) is 49.7 Å². The van der Waals surface area contributed by atoms with Gasteiger partial charge in [-0.05, 0) is 12.0 Å². The molecule has 7 heteroatoms. The highest BCUT2D eigenvalue weighted by Crippen LogP contribution is 2.29. The number of alkyl halides is 3. The molecule has 0 amide bonds. The van der Waals surface area contributed by atoms with Crippen molar-refractivity contribution in [2.75, 3.05) is 0 Å². The van der Waals surface area contributed by atoms with Gasteiger partial charge in [-0.2, -0.15) is 18.2 Å². The minimum Gasteiger partial charge on any atom is -0.329 e. The van der Waals surface area contributed by atoms with Crippen molar-refractivity contribution in [3.05, 3.63) is 35.7 Å². The Morgan fingerprint density at radius 2 is 1.91 bits per heavy atom. The molecule has 0 aliphatic heterocycles. The number of carbonyl (C=O) groups is 1. The predicted octanol–water partition coefficient (Wildman–Crippen LogP) is 4.30. The molecule has 1 unspecified atom stereocenters. The molecule has 1 atom stereocenters. The van der Waals surface area contributed by atoms with E-state index in [1.807, 2.05) is 13.8 Å². The van der Waals surface area contributed by atoms with Crippen LogP contribution in [0.25, 0.3) is 11.4 Å². The molecule has 1 heterocycles. The molecule has 0 saturated carbocycles. The van der Waals surface area contributed by atoms with E-state index in [2.05, 4.69) is 14.7 Å². The van der Waals surface area contributed by atoms with Gasteiger partial charge in [-0.25, -0.2) is 0 Å². The number of ketones is 1. The number of halogens is 3. The summed E-state index contributed by atoms with van der Waals surface area (Å²) in [6, 6.07) is 6.54. The Morgan fingerprint density at radius 3 is 2.43 bits per heavy atom. The Kier molecular flexibility index (Phi) is 5.18. The highest BCUT2D eigenvalue weighted by molar-refractivity contribution is 5.83. The van der Waals surface area contributed by atoms with Crippen LogP contribution in [0.2, 0.25) is 0 Å². The molecule has 0 bridgehead atoms. The Labute approximate surface area is 131 Å². The van der Waals surface area contributed by atoms with Crippen LogP contribution in [-0.2, 0) is 17.4 Å². The normalized spacial score (nSPS) is 13.1. The minimum absolute atomic E-state index is 0.00577. The van der Waals surface area contributed by atoms with E-state index < -0.39 is 12.1 Å². The summed E-state index contributed by atoms with van der Waals surface area (Å²) in [7, 11) is 0. The van der Waals surface area contributed by atoms with E-state index in [4.69, 9.17) is 0 Å². The molecule has 4 nitrogen and oxygen atoms in total. The summed E-state index contributed by atoms with van der Waals surface area (Å²) in [6.45, 7) is 3.93. The van der Waals surface area contributed by atoms with Crippen molar-refractivity contribution >= 4 is 5.78 Å². The van der Waals surface area contributed by atoms with Gasteiger partial charge in [0.2, 0.25) is 5.82 Å². The lowest BCUT2D eigenvalue weighted by molar-refractivity contribution is -0.159. The van der Waals surface area contributed by atoms with E-state index in [-0.39, 0.29) is 17.5 Å². The van der Waals surface area contributed by atoms with Crippen molar-refractivity contribution in [3.8, 4) is 11.4 Å². The fourth-order valence-corrected chi connectivity index (χ4v) is 2.20. The summed E-state index contributed by atoms with van der Waals surface area (Å²) in [4.78, 5) is 15.3. The first-order valence-electron chi connectivity index (χ1n) is 7.34. The lowest BCUT2D eigenvalue weighted by Crippen LogP contribution is -2.13. The molecule has 2 aromatic rings. The zero-order valence-electron chi connectivity index (χ0n) is 12.9. The first-order chi connectivity index (χ1) is 10.8. The third kappa shape index (κ3) is 4.40.